The molecule has 4 atom stereocenters. The number of hydrogen-bond acceptors (Lipinski definition) is 5. The lowest BCUT2D eigenvalue weighted by atomic mass is 10.1. The van der Waals surface area contributed by atoms with Crippen LogP contribution in [0.5, 0.6) is 5.75 Å². The van der Waals surface area contributed by atoms with Crippen LogP contribution in [-0.2, 0) is 4.74 Å². The third-order valence-electron chi connectivity index (χ3n) is 2.56. The maximum Gasteiger partial charge on any atom is 0.229 e. The highest BCUT2D eigenvalue weighted by molar-refractivity contribution is 6.30. The Morgan fingerprint density at radius 2 is 1.82 bits per heavy atom. The molecule has 1 saturated heterocycles. The van der Waals surface area contributed by atoms with Crippen molar-refractivity contribution < 1.29 is 24.8 Å². The monoisotopic (exact) mass is 260 g/mol. The molecule has 1 aliphatic heterocycles. The van der Waals surface area contributed by atoms with Gasteiger partial charge in [-0.2, -0.15) is 0 Å². The lowest BCUT2D eigenvalue weighted by Gasteiger charge is -2.16. The van der Waals surface area contributed by atoms with E-state index in [1.54, 1.807) is 24.3 Å². The average Bonchev–Trinajstić information content (AvgIpc) is 2.60. The van der Waals surface area contributed by atoms with E-state index in [1.807, 2.05) is 0 Å². The van der Waals surface area contributed by atoms with E-state index in [9.17, 15) is 10.2 Å². The SMILES string of the molecule is OC[C@H]1O[C@H](Oc2ccc(Cl)cc2)[C@H](O)[C@@H]1O. The summed E-state index contributed by atoms with van der Waals surface area (Å²) in [5.41, 5.74) is 0. The molecular weight excluding hydrogens is 248 g/mol. The summed E-state index contributed by atoms with van der Waals surface area (Å²) in [7, 11) is 0. The molecule has 1 aliphatic rings. The molecule has 5 nitrogen and oxygen atoms in total. The number of aliphatic hydroxyl groups is 3. The summed E-state index contributed by atoms with van der Waals surface area (Å²) in [4.78, 5) is 0. The Bertz CT molecular complexity index is 369. The van der Waals surface area contributed by atoms with Gasteiger partial charge in [-0.15, -0.1) is 0 Å². The van der Waals surface area contributed by atoms with Gasteiger partial charge < -0.3 is 24.8 Å². The van der Waals surface area contributed by atoms with Crippen molar-refractivity contribution in [3.8, 4) is 5.75 Å². The highest BCUT2D eigenvalue weighted by Crippen LogP contribution is 2.25. The second kappa shape index (κ2) is 5.20. The van der Waals surface area contributed by atoms with Crippen molar-refractivity contribution in [3.05, 3.63) is 29.3 Å². The first-order valence-electron chi connectivity index (χ1n) is 5.16. The van der Waals surface area contributed by atoms with Crippen molar-refractivity contribution >= 4 is 11.6 Å². The second-order valence-corrected chi connectivity index (χ2v) is 4.21. The topological polar surface area (TPSA) is 79.2 Å². The molecule has 0 spiro atoms. The number of rotatable bonds is 3. The molecular formula is C11H13ClO5. The van der Waals surface area contributed by atoms with Crippen LogP contribution in [-0.4, -0.2) is 46.5 Å². The molecule has 17 heavy (non-hydrogen) atoms. The van der Waals surface area contributed by atoms with E-state index in [0.29, 0.717) is 10.8 Å². The normalized spacial score (nSPS) is 32.7. The predicted molar refractivity (Wildman–Crippen MR) is 59.8 cm³/mol. The third kappa shape index (κ3) is 2.70. The van der Waals surface area contributed by atoms with Gasteiger partial charge in [-0.25, -0.2) is 0 Å². The molecule has 0 saturated carbocycles. The van der Waals surface area contributed by atoms with Gasteiger partial charge >= 0.3 is 0 Å². The van der Waals surface area contributed by atoms with E-state index in [-0.39, 0.29) is 6.61 Å². The van der Waals surface area contributed by atoms with Gasteiger partial charge in [0.1, 0.15) is 24.1 Å². The van der Waals surface area contributed by atoms with E-state index in [0.717, 1.165) is 0 Å². The van der Waals surface area contributed by atoms with Crippen LogP contribution in [0.4, 0.5) is 0 Å². The number of halogens is 1. The Kier molecular flexibility index (Phi) is 3.86. The Balaban J connectivity index is 2.02. The number of ether oxygens (including phenoxy) is 2. The van der Waals surface area contributed by atoms with E-state index in [1.165, 1.54) is 0 Å². The Labute approximate surface area is 103 Å². The minimum absolute atomic E-state index is 0.376. The maximum atomic E-state index is 9.64. The van der Waals surface area contributed by atoms with Crippen LogP contribution in [0.1, 0.15) is 0 Å². The van der Waals surface area contributed by atoms with Crippen molar-refractivity contribution in [1.82, 2.24) is 0 Å². The largest absolute Gasteiger partial charge is 0.462 e. The lowest BCUT2D eigenvalue weighted by Crippen LogP contribution is -2.35. The van der Waals surface area contributed by atoms with E-state index >= 15 is 0 Å². The molecule has 1 aromatic rings. The first kappa shape index (κ1) is 12.6. The average molecular weight is 261 g/mol. The van der Waals surface area contributed by atoms with Crippen LogP contribution in [0, 0.1) is 0 Å². The first-order chi connectivity index (χ1) is 8.11. The van der Waals surface area contributed by atoms with Crippen LogP contribution < -0.4 is 4.74 Å². The number of hydrogen-bond donors (Lipinski definition) is 3. The molecule has 0 bridgehead atoms. The molecule has 2 rings (SSSR count). The molecule has 0 aromatic heterocycles. The first-order valence-corrected chi connectivity index (χ1v) is 5.54. The zero-order valence-electron chi connectivity index (χ0n) is 8.86. The van der Waals surface area contributed by atoms with Crippen LogP contribution in [0.15, 0.2) is 24.3 Å². The Morgan fingerprint density at radius 1 is 1.18 bits per heavy atom. The number of benzene rings is 1. The minimum atomic E-state index is -1.19. The van der Waals surface area contributed by atoms with Crippen molar-refractivity contribution in [1.29, 1.82) is 0 Å². The summed E-state index contributed by atoms with van der Waals surface area (Å²) < 4.78 is 10.5. The Hall–Kier alpha value is -0.850. The third-order valence-corrected chi connectivity index (χ3v) is 2.82. The quantitative estimate of drug-likeness (QED) is 0.721. The zero-order chi connectivity index (χ0) is 12.4. The molecule has 0 amide bonds. The van der Waals surface area contributed by atoms with E-state index < -0.39 is 24.6 Å². The predicted octanol–water partition coefficient (Wildman–Crippen LogP) is 0.158. The van der Waals surface area contributed by atoms with Gasteiger partial charge in [0.15, 0.2) is 0 Å². The van der Waals surface area contributed by atoms with Crippen LogP contribution in [0.2, 0.25) is 5.02 Å². The molecule has 0 aliphatic carbocycles. The summed E-state index contributed by atoms with van der Waals surface area (Å²) in [6.45, 7) is -0.376. The second-order valence-electron chi connectivity index (χ2n) is 3.78. The summed E-state index contributed by atoms with van der Waals surface area (Å²) >= 11 is 5.72. The van der Waals surface area contributed by atoms with Gasteiger partial charge in [-0.1, -0.05) is 11.6 Å². The smallest absolute Gasteiger partial charge is 0.229 e. The molecule has 1 fully saturated rings. The highest BCUT2D eigenvalue weighted by Gasteiger charge is 2.43. The summed E-state index contributed by atoms with van der Waals surface area (Å²) in [6.07, 6.45) is -4.18. The van der Waals surface area contributed by atoms with Crippen molar-refractivity contribution in [2.45, 2.75) is 24.6 Å². The summed E-state index contributed by atoms with van der Waals surface area (Å²) in [5.74, 6) is 0.462. The van der Waals surface area contributed by atoms with Gasteiger partial charge in [0, 0.05) is 5.02 Å². The van der Waals surface area contributed by atoms with E-state index in [2.05, 4.69) is 0 Å². The highest BCUT2D eigenvalue weighted by atomic mass is 35.5. The van der Waals surface area contributed by atoms with Gasteiger partial charge in [0.05, 0.1) is 6.61 Å². The van der Waals surface area contributed by atoms with Crippen LogP contribution >= 0.6 is 11.6 Å². The number of aliphatic hydroxyl groups excluding tert-OH is 3. The van der Waals surface area contributed by atoms with Gasteiger partial charge in [-0.3, -0.25) is 0 Å². The zero-order valence-corrected chi connectivity index (χ0v) is 9.62. The van der Waals surface area contributed by atoms with E-state index in [4.69, 9.17) is 26.2 Å². The minimum Gasteiger partial charge on any atom is -0.462 e. The fourth-order valence-electron chi connectivity index (χ4n) is 1.61. The molecule has 6 heteroatoms. The molecule has 94 valence electrons. The summed E-state index contributed by atoms with van der Waals surface area (Å²) in [5, 5.41) is 28.6. The molecule has 1 aromatic carbocycles. The molecule has 3 N–H and O–H groups in total. The van der Waals surface area contributed by atoms with Crippen LogP contribution in [0.3, 0.4) is 0 Å². The lowest BCUT2D eigenvalue weighted by molar-refractivity contribution is -0.116. The van der Waals surface area contributed by atoms with Crippen LogP contribution in [0.25, 0.3) is 0 Å². The fraction of sp³-hybridized carbons (Fsp3) is 0.455. The molecule has 0 radical (unpaired) electrons. The van der Waals surface area contributed by atoms with Gasteiger partial charge in [0.25, 0.3) is 0 Å². The summed E-state index contributed by atoms with van der Waals surface area (Å²) in [6, 6.07) is 6.52. The molecule has 0 unspecified atom stereocenters. The maximum absolute atomic E-state index is 9.64. The van der Waals surface area contributed by atoms with Crippen molar-refractivity contribution in [3.63, 3.8) is 0 Å². The van der Waals surface area contributed by atoms with Gasteiger partial charge in [0.2, 0.25) is 6.29 Å². The van der Waals surface area contributed by atoms with Crippen molar-refractivity contribution in [2.75, 3.05) is 6.61 Å². The fourth-order valence-corrected chi connectivity index (χ4v) is 1.74. The standard InChI is InChI=1S/C11H13ClO5/c12-6-1-3-7(4-2-6)16-11-10(15)9(14)8(5-13)17-11/h1-4,8-11,13-15H,5H2/t8-,9-,10-,11+/m1/s1. The van der Waals surface area contributed by atoms with Crippen molar-refractivity contribution in [2.24, 2.45) is 0 Å². The molecule has 1 heterocycles. The van der Waals surface area contributed by atoms with Gasteiger partial charge in [-0.05, 0) is 24.3 Å². The Morgan fingerprint density at radius 3 is 2.35 bits per heavy atom.